The molecule has 1 aliphatic carbocycles. The number of hydrogen-bond acceptors (Lipinski definition) is 4. The summed E-state index contributed by atoms with van der Waals surface area (Å²) < 4.78 is 0. The van der Waals surface area contributed by atoms with Crippen LogP contribution in [0.25, 0.3) is 0 Å². The molecular formula is C19H24N4O3S. The Morgan fingerprint density at radius 1 is 1.37 bits per heavy atom. The second-order valence-corrected chi connectivity index (χ2v) is 7.20. The molecule has 1 aliphatic heterocycles. The van der Waals surface area contributed by atoms with Crippen LogP contribution in [0.15, 0.2) is 35.5 Å². The minimum absolute atomic E-state index is 0.00266. The number of nitrogens with zero attached hydrogens (tertiary/aromatic N) is 3. The zero-order valence-electron chi connectivity index (χ0n) is 15.8. The predicted molar refractivity (Wildman–Crippen MR) is 107 cm³/mol. The van der Waals surface area contributed by atoms with Crippen molar-refractivity contribution in [2.24, 2.45) is 0 Å². The minimum Gasteiger partial charge on any atom is -0.351 e. The normalized spacial score (nSPS) is 19.7. The Morgan fingerprint density at radius 3 is 2.59 bits per heavy atom. The largest absolute Gasteiger partial charge is 0.351 e. The van der Waals surface area contributed by atoms with Gasteiger partial charge in [0.1, 0.15) is 0 Å². The maximum atomic E-state index is 13.3. The van der Waals surface area contributed by atoms with Crippen molar-refractivity contribution in [1.82, 2.24) is 15.1 Å². The van der Waals surface area contributed by atoms with Gasteiger partial charge < -0.3 is 15.1 Å². The molecule has 1 N–H and O–H groups in total. The number of allylic oxidation sites excluding steroid dienone is 1. The fourth-order valence-electron chi connectivity index (χ4n) is 3.56. The number of thiocarbonyl (C=S) groups is 1. The molecule has 27 heavy (non-hydrogen) atoms. The van der Waals surface area contributed by atoms with Gasteiger partial charge in [-0.3, -0.25) is 14.9 Å². The van der Waals surface area contributed by atoms with E-state index >= 15 is 0 Å². The van der Waals surface area contributed by atoms with Gasteiger partial charge in [-0.1, -0.05) is 12.1 Å². The van der Waals surface area contributed by atoms with E-state index in [1.807, 2.05) is 25.7 Å². The zero-order valence-corrected chi connectivity index (χ0v) is 16.6. The third-order valence-corrected chi connectivity index (χ3v) is 5.45. The Balaban J connectivity index is 2.10. The number of amides is 1. The molecule has 7 nitrogen and oxygen atoms in total. The van der Waals surface area contributed by atoms with Crippen molar-refractivity contribution < 1.29 is 9.72 Å². The average Bonchev–Trinajstić information content (AvgIpc) is 3.47. The summed E-state index contributed by atoms with van der Waals surface area (Å²) in [6, 6.07) is 6.22. The van der Waals surface area contributed by atoms with Gasteiger partial charge in [0, 0.05) is 37.0 Å². The highest BCUT2D eigenvalue weighted by Gasteiger charge is 2.41. The van der Waals surface area contributed by atoms with Gasteiger partial charge in [-0.15, -0.1) is 0 Å². The van der Waals surface area contributed by atoms with E-state index in [9.17, 15) is 14.9 Å². The van der Waals surface area contributed by atoms with E-state index in [-0.39, 0.29) is 11.6 Å². The Kier molecular flexibility index (Phi) is 5.46. The molecule has 1 atom stereocenters. The summed E-state index contributed by atoms with van der Waals surface area (Å²) in [6.07, 6.45) is 2.10. The summed E-state index contributed by atoms with van der Waals surface area (Å²) >= 11 is 5.57. The first kappa shape index (κ1) is 19.3. The number of carbonyl (C=O) groups is 1. The van der Waals surface area contributed by atoms with E-state index in [2.05, 4.69) is 5.32 Å². The highest BCUT2D eigenvalue weighted by Crippen LogP contribution is 2.38. The summed E-state index contributed by atoms with van der Waals surface area (Å²) in [5.41, 5.74) is 2.11. The number of benzene rings is 1. The van der Waals surface area contributed by atoms with Crippen LogP contribution in [0.1, 0.15) is 45.2 Å². The molecule has 2 aliphatic rings. The zero-order chi connectivity index (χ0) is 19.7. The Labute approximate surface area is 164 Å². The summed E-state index contributed by atoms with van der Waals surface area (Å²) in [6.45, 7) is 7.01. The number of nitrogens with one attached hydrogen (secondary N) is 1. The standard InChI is InChI=1S/C19H24N4O3S/c1-4-21(5-2)18(24)16-12(3)22(14-9-10-14)19(27)20-17(16)13-7-6-8-15(11-13)23(25)26/h6-8,11,14,17H,4-5,9-10H2,1-3H3,(H,20,27)/t17-/m1/s1. The van der Waals surface area contributed by atoms with Crippen LogP contribution in [-0.4, -0.2) is 44.9 Å². The minimum atomic E-state index is -0.500. The molecule has 3 rings (SSSR count). The van der Waals surface area contributed by atoms with Crippen LogP contribution in [0, 0.1) is 10.1 Å². The average molecular weight is 388 g/mol. The first-order valence-electron chi connectivity index (χ1n) is 9.23. The van der Waals surface area contributed by atoms with Crippen LogP contribution < -0.4 is 5.32 Å². The lowest BCUT2D eigenvalue weighted by Crippen LogP contribution is -2.50. The number of carbonyl (C=O) groups excluding carboxylic acids is 1. The van der Waals surface area contributed by atoms with Crippen LogP contribution >= 0.6 is 12.2 Å². The number of nitro benzene ring substituents is 1. The van der Waals surface area contributed by atoms with Crippen molar-refractivity contribution in [3.05, 3.63) is 51.2 Å². The third kappa shape index (κ3) is 3.66. The SMILES string of the molecule is CCN(CC)C(=O)C1=C(C)N(C2CC2)C(=S)N[C@@H]1c1cccc([N+](=O)[O-])c1. The molecule has 1 saturated carbocycles. The fraction of sp³-hybridized carbons (Fsp3) is 0.474. The van der Waals surface area contributed by atoms with E-state index in [4.69, 9.17) is 12.2 Å². The van der Waals surface area contributed by atoms with Crippen LogP contribution in [-0.2, 0) is 4.79 Å². The van der Waals surface area contributed by atoms with Gasteiger partial charge in [0.15, 0.2) is 5.11 Å². The maximum Gasteiger partial charge on any atom is 0.269 e. The first-order chi connectivity index (χ1) is 12.9. The van der Waals surface area contributed by atoms with Crippen LogP contribution in [0.3, 0.4) is 0 Å². The molecule has 1 aromatic carbocycles. The maximum absolute atomic E-state index is 13.3. The molecule has 0 spiro atoms. The van der Waals surface area contributed by atoms with Gasteiger partial charge in [-0.25, -0.2) is 0 Å². The second-order valence-electron chi connectivity index (χ2n) is 6.81. The van der Waals surface area contributed by atoms with Gasteiger partial charge in [-0.2, -0.15) is 0 Å². The molecule has 1 aromatic rings. The molecule has 8 heteroatoms. The molecule has 144 valence electrons. The lowest BCUT2D eigenvalue weighted by Gasteiger charge is -2.39. The number of likely N-dealkylation sites (N-methyl/N-ethyl adjacent to an activating group) is 1. The van der Waals surface area contributed by atoms with Crippen molar-refractivity contribution in [2.75, 3.05) is 13.1 Å². The molecule has 1 fully saturated rings. The van der Waals surface area contributed by atoms with E-state index in [0.717, 1.165) is 18.5 Å². The molecule has 1 amide bonds. The molecule has 0 saturated heterocycles. The molecule has 1 heterocycles. The van der Waals surface area contributed by atoms with E-state index in [1.165, 1.54) is 12.1 Å². The van der Waals surface area contributed by atoms with Crippen LogP contribution in [0.5, 0.6) is 0 Å². The Morgan fingerprint density at radius 2 is 2.04 bits per heavy atom. The molecule has 0 bridgehead atoms. The quantitative estimate of drug-likeness (QED) is 0.458. The smallest absolute Gasteiger partial charge is 0.269 e. The van der Waals surface area contributed by atoms with E-state index in [0.29, 0.717) is 35.4 Å². The van der Waals surface area contributed by atoms with Crippen LogP contribution in [0.2, 0.25) is 0 Å². The molecule has 0 radical (unpaired) electrons. The van der Waals surface area contributed by atoms with Crippen molar-refractivity contribution in [2.45, 2.75) is 45.7 Å². The lowest BCUT2D eigenvalue weighted by molar-refractivity contribution is -0.384. The molecular weight excluding hydrogens is 364 g/mol. The highest BCUT2D eigenvalue weighted by atomic mass is 32.1. The summed E-state index contributed by atoms with van der Waals surface area (Å²) in [5, 5.41) is 15.0. The van der Waals surface area contributed by atoms with E-state index in [1.54, 1.807) is 17.0 Å². The van der Waals surface area contributed by atoms with Crippen molar-refractivity contribution in [3.63, 3.8) is 0 Å². The van der Waals surface area contributed by atoms with Gasteiger partial charge >= 0.3 is 0 Å². The van der Waals surface area contributed by atoms with Gasteiger partial charge in [0.2, 0.25) is 0 Å². The van der Waals surface area contributed by atoms with Gasteiger partial charge in [0.25, 0.3) is 11.6 Å². The summed E-state index contributed by atoms with van der Waals surface area (Å²) in [7, 11) is 0. The van der Waals surface area contributed by atoms with Crippen LogP contribution in [0.4, 0.5) is 5.69 Å². The molecule has 0 unspecified atom stereocenters. The topological polar surface area (TPSA) is 78.7 Å². The molecule has 0 aromatic heterocycles. The highest BCUT2D eigenvalue weighted by molar-refractivity contribution is 7.80. The Hall–Kier alpha value is -2.48. The van der Waals surface area contributed by atoms with Crippen molar-refractivity contribution in [3.8, 4) is 0 Å². The van der Waals surface area contributed by atoms with Gasteiger partial charge in [-0.05, 0) is 51.4 Å². The second kappa shape index (κ2) is 7.64. The summed E-state index contributed by atoms with van der Waals surface area (Å²) in [4.78, 5) is 27.9. The number of non-ortho nitro benzene ring substituents is 1. The predicted octanol–water partition coefficient (Wildman–Crippen LogP) is 3.13. The van der Waals surface area contributed by atoms with E-state index < -0.39 is 11.0 Å². The fourth-order valence-corrected chi connectivity index (χ4v) is 3.96. The number of rotatable bonds is 6. The Bertz CT molecular complexity index is 815. The van der Waals surface area contributed by atoms with Crippen molar-refractivity contribution >= 4 is 28.9 Å². The van der Waals surface area contributed by atoms with Gasteiger partial charge in [0.05, 0.1) is 16.5 Å². The first-order valence-corrected chi connectivity index (χ1v) is 9.63. The number of hydrogen-bond donors (Lipinski definition) is 1. The lowest BCUT2D eigenvalue weighted by atomic mass is 9.93. The monoisotopic (exact) mass is 388 g/mol. The number of nitro groups is 1. The third-order valence-electron chi connectivity index (χ3n) is 5.13. The summed E-state index contributed by atoms with van der Waals surface area (Å²) in [5.74, 6) is -0.0605. The van der Waals surface area contributed by atoms with Crippen molar-refractivity contribution in [1.29, 1.82) is 0 Å².